The van der Waals surface area contributed by atoms with Crippen molar-refractivity contribution in [2.75, 3.05) is 0 Å². The molecule has 8 heteroatoms. The Kier molecular flexibility index (Phi) is 5.83. The van der Waals surface area contributed by atoms with Gasteiger partial charge in [0.15, 0.2) is 5.60 Å². The number of aromatic nitrogens is 2. The summed E-state index contributed by atoms with van der Waals surface area (Å²) in [6, 6.07) is 15.9. The van der Waals surface area contributed by atoms with E-state index in [2.05, 4.69) is 53.8 Å². The van der Waals surface area contributed by atoms with Crippen LogP contribution in [0.2, 0.25) is 0 Å². The lowest BCUT2D eigenvalue weighted by atomic mass is 9.86. The van der Waals surface area contributed by atoms with Gasteiger partial charge in [-0.2, -0.15) is 0 Å². The molecule has 0 spiro atoms. The molecule has 2 aliphatic heterocycles. The Morgan fingerprint density at radius 3 is 2.62 bits per heavy atom. The molecule has 0 radical (unpaired) electrons. The SMILES string of the molecule is CCc1c2c(nc3ccc(OCc4ccc(I)cc4)cc13)-c1cc3c(c(=O)n1C2)COC(=O)C3(O)CC. The molecule has 0 bridgehead atoms. The molecule has 2 aromatic carbocycles. The van der Waals surface area contributed by atoms with Gasteiger partial charge < -0.3 is 19.1 Å². The molecule has 1 atom stereocenters. The highest BCUT2D eigenvalue weighted by atomic mass is 127. The van der Waals surface area contributed by atoms with Gasteiger partial charge in [0.05, 0.1) is 29.0 Å². The largest absolute Gasteiger partial charge is 0.489 e. The van der Waals surface area contributed by atoms with Crippen LogP contribution in [0, 0.1) is 3.57 Å². The Labute approximate surface area is 227 Å². The van der Waals surface area contributed by atoms with E-state index in [9.17, 15) is 14.7 Å². The molecule has 7 nitrogen and oxygen atoms in total. The van der Waals surface area contributed by atoms with Crippen LogP contribution in [0.5, 0.6) is 5.75 Å². The number of ether oxygens (including phenoxy) is 2. The predicted octanol–water partition coefficient (Wildman–Crippen LogP) is 4.83. The molecule has 0 saturated heterocycles. The number of rotatable bonds is 5. The number of hydrogen-bond acceptors (Lipinski definition) is 6. The second kappa shape index (κ2) is 8.95. The fourth-order valence-electron chi connectivity index (χ4n) is 5.38. The standard InChI is InChI=1S/C29H25IN2O5/c1-3-19-20-11-18(36-14-16-5-7-17(30)8-6-16)9-10-24(20)31-26-21(19)13-32-25(26)12-23-22(27(32)33)15-37-28(34)29(23,35)4-2/h5-12,35H,3-4,13-15H2,1-2H3. The zero-order valence-electron chi connectivity index (χ0n) is 20.5. The van der Waals surface area contributed by atoms with Crippen molar-refractivity contribution in [3.63, 3.8) is 0 Å². The number of halogens is 1. The Bertz CT molecular complexity index is 1640. The Hall–Kier alpha value is -3.24. The number of carbonyl (C=O) groups excluding carboxylic acids is 1. The van der Waals surface area contributed by atoms with Gasteiger partial charge in [-0.3, -0.25) is 4.79 Å². The quantitative estimate of drug-likeness (QED) is 0.227. The number of esters is 1. The third-order valence-electron chi connectivity index (χ3n) is 7.45. The molecule has 0 aliphatic carbocycles. The summed E-state index contributed by atoms with van der Waals surface area (Å²) in [5, 5.41) is 12.1. The Morgan fingerprint density at radius 1 is 1.11 bits per heavy atom. The van der Waals surface area contributed by atoms with E-state index in [-0.39, 0.29) is 18.6 Å². The number of aryl methyl sites for hydroxylation is 1. The molecule has 1 N–H and O–H groups in total. The van der Waals surface area contributed by atoms with Crippen molar-refractivity contribution < 1.29 is 19.4 Å². The molecule has 2 aliphatic rings. The molecule has 2 aromatic heterocycles. The number of carbonyl (C=O) groups is 1. The summed E-state index contributed by atoms with van der Waals surface area (Å²) in [4.78, 5) is 30.9. The molecule has 4 aromatic rings. The summed E-state index contributed by atoms with van der Waals surface area (Å²) in [6.45, 7) is 4.51. The second-order valence-electron chi connectivity index (χ2n) is 9.47. The molecular weight excluding hydrogens is 583 g/mol. The van der Waals surface area contributed by atoms with Crippen molar-refractivity contribution in [2.45, 2.75) is 52.0 Å². The van der Waals surface area contributed by atoms with Gasteiger partial charge in [-0.05, 0) is 83.0 Å². The number of hydrogen-bond donors (Lipinski definition) is 1. The van der Waals surface area contributed by atoms with Crippen LogP contribution in [-0.4, -0.2) is 20.6 Å². The van der Waals surface area contributed by atoms with Gasteiger partial charge >= 0.3 is 5.97 Å². The molecular formula is C29H25IN2O5. The molecule has 37 heavy (non-hydrogen) atoms. The van der Waals surface area contributed by atoms with E-state index >= 15 is 0 Å². The van der Waals surface area contributed by atoms with E-state index in [1.807, 2.05) is 18.2 Å². The third-order valence-corrected chi connectivity index (χ3v) is 8.17. The van der Waals surface area contributed by atoms with E-state index in [1.54, 1.807) is 17.6 Å². The van der Waals surface area contributed by atoms with E-state index < -0.39 is 11.6 Å². The molecule has 188 valence electrons. The van der Waals surface area contributed by atoms with Crippen molar-refractivity contribution in [1.82, 2.24) is 9.55 Å². The summed E-state index contributed by atoms with van der Waals surface area (Å²) >= 11 is 2.28. The van der Waals surface area contributed by atoms with Crippen LogP contribution in [0.3, 0.4) is 0 Å². The number of benzene rings is 2. The van der Waals surface area contributed by atoms with Gasteiger partial charge in [-0.1, -0.05) is 26.0 Å². The minimum Gasteiger partial charge on any atom is -0.489 e. The van der Waals surface area contributed by atoms with Crippen molar-refractivity contribution in [3.05, 3.63) is 90.3 Å². The number of pyridine rings is 2. The van der Waals surface area contributed by atoms with Gasteiger partial charge in [-0.25, -0.2) is 9.78 Å². The summed E-state index contributed by atoms with van der Waals surface area (Å²) in [6.07, 6.45) is 0.871. The zero-order chi connectivity index (χ0) is 25.9. The first-order chi connectivity index (χ1) is 17.8. The lowest BCUT2D eigenvalue weighted by molar-refractivity contribution is -0.172. The van der Waals surface area contributed by atoms with Crippen LogP contribution in [0.1, 0.15) is 48.1 Å². The molecule has 4 heterocycles. The maximum Gasteiger partial charge on any atom is 0.343 e. The number of nitrogens with zero attached hydrogens (tertiary/aromatic N) is 2. The summed E-state index contributed by atoms with van der Waals surface area (Å²) in [7, 11) is 0. The maximum absolute atomic E-state index is 13.5. The van der Waals surface area contributed by atoms with Crippen molar-refractivity contribution in [2.24, 2.45) is 0 Å². The lowest BCUT2D eigenvalue weighted by Gasteiger charge is -2.31. The molecule has 6 rings (SSSR count). The van der Waals surface area contributed by atoms with Gasteiger partial charge in [0.1, 0.15) is 19.0 Å². The second-order valence-corrected chi connectivity index (χ2v) is 10.7. The average Bonchev–Trinajstić information content (AvgIpc) is 3.28. The van der Waals surface area contributed by atoms with E-state index in [0.29, 0.717) is 35.7 Å². The number of fused-ring (bicyclic) bond motifs is 5. The zero-order valence-corrected chi connectivity index (χ0v) is 22.7. The highest BCUT2D eigenvalue weighted by Crippen LogP contribution is 2.40. The van der Waals surface area contributed by atoms with Crippen LogP contribution in [0.4, 0.5) is 0 Å². The highest BCUT2D eigenvalue weighted by Gasteiger charge is 2.45. The third kappa shape index (κ3) is 3.76. The highest BCUT2D eigenvalue weighted by molar-refractivity contribution is 14.1. The van der Waals surface area contributed by atoms with Crippen molar-refractivity contribution in [3.8, 4) is 17.1 Å². The minimum atomic E-state index is -1.83. The maximum atomic E-state index is 13.5. The smallest absolute Gasteiger partial charge is 0.343 e. The fraction of sp³-hybridized carbons (Fsp3) is 0.276. The average molecular weight is 608 g/mol. The van der Waals surface area contributed by atoms with Gasteiger partial charge in [0, 0.05) is 20.1 Å². The topological polar surface area (TPSA) is 90.6 Å². The fourth-order valence-corrected chi connectivity index (χ4v) is 5.74. The molecule has 0 fully saturated rings. The lowest BCUT2D eigenvalue weighted by Crippen LogP contribution is -2.44. The van der Waals surface area contributed by atoms with E-state index in [4.69, 9.17) is 14.5 Å². The van der Waals surface area contributed by atoms with Crippen LogP contribution >= 0.6 is 22.6 Å². The molecule has 0 amide bonds. The molecule has 1 unspecified atom stereocenters. The Balaban J connectivity index is 1.44. The first kappa shape index (κ1) is 24.1. The van der Waals surface area contributed by atoms with Crippen LogP contribution in [-0.2, 0) is 41.3 Å². The van der Waals surface area contributed by atoms with Gasteiger partial charge in [0.2, 0.25) is 0 Å². The van der Waals surface area contributed by atoms with Crippen LogP contribution in [0.15, 0.2) is 53.3 Å². The first-order valence-electron chi connectivity index (χ1n) is 12.3. The van der Waals surface area contributed by atoms with Crippen molar-refractivity contribution in [1.29, 1.82) is 0 Å². The van der Waals surface area contributed by atoms with E-state index in [1.165, 1.54) is 3.57 Å². The molecule has 0 saturated carbocycles. The Morgan fingerprint density at radius 2 is 1.89 bits per heavy atom. The summed E-state index contributed by atoms with van der Waals surface area (Å²) < 4.78 is 14.1. The van der Waals surface area contributed by atoms with Gasteiger partial charge in [-0.15, -0.1) is 0 Å². The minimum absolute atomic E-state index is 0.116. The monoisotopic (exact) mass is 608 g/mol. The number of aliphatic hydroxyl groups is 1. The van der Waals surface area contributed by atoms with Crippen LogP contribution < -0.4 is 10.3 Å². The summed E-state index contributed by atoms with van der Waals surface area (Å²) in [5.41, 5.74) is 3.90. The van der Waals surface area contributed by atoms with Gasteiger partial charge in [0.25, 0.3) is 5.56 Å². The summed E-state index contributed by atoms with van der Waals surface area (Å²) in [5.74, 6) is 0.0397. The predicted molar refractivity (Wildman–Crippen MR) is 147 cm³/mol. The van der Waals surface area contributed by atoms with Crippen LogP contribution in [0.25, 0.3) is 22.3 Å². The first-order valence-corrected chi connectivity index (χ1v) is 13.4. The normalized spacial score (nSPS) is 17.8. The van der Waals surface area contributed by atoms with E-state index in [0.717, 1.165) is 39.8 Å². The number of cyclic esters (lactones) is 1. The van der Waals surface area contributed by atoms with Crippen molar-refractivity contribution >= 4 is 39.5 Å².